The van der Waals surface area contributed by atoms with Crippen molar-refractivity contribution in [2.75, 3.05) is 5.32 Å². The number of nitrogens with one attached hydrogen (secondary N) is 1. The number of nitrogens with zero attached hydrogens (tertiary/aromatic N) is 2. The van der Waals surface area contributed by atoms with Crippen LogP contribution in [0, 0.1) is 21.4 Å². The normalized spacial score (nSPS) is 11.2. The van der Waals surface area contributed by atoms with Gasteiger partial charge >= 0.3 is 0 Å². The van der Waals surface area contributed by atoms with Gasteiger partial charge < -0.3 is 10.1 Å². The highest BCUT2D eigenvalue weighted by molar-refractivity contribution is 6.33. The lowest BCUT2D eigenvalue weighted by Gasteiger charge is -2.16. The smallest absolute Gasteiger partial charge is 0.271 e. The zero-order valence-corrected chi connectivity index (χ0v) is 13.3. The van der Waals surface area contributed by atoms with E-state index < -0.39 is 16.9 Å². The summed E-state index contributed by atoms with van der Waals surface area (Å²) in [5.41, 5.74) is 0.212. The summed E-state index contributed by atoms with van der Waals surface area (Å²) in [6.45, 7) is 1.49. The average molecular weight is 346 g/mol. The number of hydrogen-bond donors (Lipinski definition) is 1. The number of para-hydroxylation sites is 1. The molecule has 1 N–H and O–H groups in total. The van der Waals surface area contributed by atoms with E-state index in [4.69, 9.17) is 21.6 Å². The predicted octanol–water partition coefficient (Wildman–Crippen LogP) is 3.53. The number of ether oxygens (including phenoxy) is 1. The first-order valence-corrected chi connectivity index (χ1v) is 7.20. The number of nitro groups is 1. The molecular formula is C16H12ClN3O4. The van der Waals surface area contributed by atoms with Crippen LogP contribution in [0.15, 0.2) is 42.5 Å². The number of rotatable bonds is 5. The van der Waals surface area contributed by atoms with Gasteiger partial charge in [-0.25, -0.2) is 0 Å². The molecule has 0 radical (unpaired) electrons. The number of amides is 1. The average Bonchev–Trinajstić information content (AvgIpc) is 2.57. The lowest BCUT2D eigenvalue weighted by molar-refractivity contribution is -0.384. The minimum Gasteiger partial charge on any atom is -0.480 e. The van der Waals surface area contributed by atoms with E-state index in [1.807, 2.05) is 6.07 Å². The molecule has 0 unspecified atom stereocenters. The molecule has 0 aliphatic carbocycles. The molecule has 0 saturated carbocycles. The lowest BCUT2D eigenvalue weighted by Crippen LogP contribution is -2.30. The summed E-state index contributed by atoms with van der Waals surface area (Å²) in [5.74, 6) is -0.280. The van der Waals surface area contributed by atoms with E-state index in [0.717, 1.165) is 6.07 Å². The Hall–Kier alpha value is -3.11. The maximum absolute atomic E-state index is 12.2. The first kappa shape index (κ1) is 17.2. The minimum atomic E-state index is -0.935. The molecule has 0 aromatic heterocycles. The Morgan fingerprint density at radius 1 is 1.38 bits per heavy atom. The van der Waals surface area contributed by atoms with E-state index >= 15 is 0 Å². The van der Waals surface area contributed by atoms with Crippen LogP contribution in [-0.4, -0.2) is 16.9 Å². The molecule has 0 aliphatic rings. The van der Waals surface area contributed by atoms with Crippen molar-refractivity contribution in [2.45, 2.75) is 13.0 Å². The van der Waals surface area contributed by atoms with Crippen LogP contribution >= 0.6 is 11.6 Å². The fourth-order valence-electron chi connectivity index (χ4n) is 1.86. The number of carbonyl (C=O) groups is 1. The van der Waals surface area contributed by atoms with Gasteiger partial charge in [-0.05, 0) is 25.1 Å². The molecule has 1 atom stereocenters. The second-order valence-electron chi connectivity index (χ2n) is 4.78. The van der Waals surface area contributed by atoms with Crippen molar-refractivity contribution in [2.24, 2.45) is 0 Å². The molecule has 122 valence electrons. The van der Waals surface area contributed by atoms with Crippen molar-refractivity contribution in [3.05, 3.63) is 63.2 Å². The molecule has 2 aromatic rings. The standard InChI is InChI=1S/C16H12ClN3O4/c1-10(24-15-5-3-2-4-11(15)9-18)16(21)19-14-8-12(20(22)23)6-7-13(14)17/h2-8,10H,1H3,(H,19,21)/t10-/m0/s1. The van der Waals surface area contributed by atoms with E-state index in [0.29, 0.717) is 5.56 Å². The SMILES string of the molecule is C[C@H](Oc1ccccc1C#N)C(=O)Nc1cc([N+](=O)[O-])ccc1Cl. The Balaban J connectivity index is 2.14. The second-order valence-corrected chi connectivity index (χ2v) is 5.19. The van der Waals surface area contributed by atoms with Gasteiger partial charge in [0.2, 0.25) is 0 Å². The Labute approximate surface area is 142 Å². The van der Waals surface area contributed by atoms with Gasteiger partial charge in [-0.3, -0.25) is 14.9 Å². The number of nitro benzene ring substituents is 1. The maximum atomic E-state index is 12.2. The molecule has 0 aliphatic heterocycles. The summed E-state index contributed by atoms with van der Waals surface area (Å²) in [4.78, 5) is 22.4. The van der Waals surface area contributed by atoms with Gasteiger partial charge in [0.1, 0.15) is 11.8 Å². The van der Waals surface area contributed by atoms with E-state index in [-0.39, 0.29) is 22.1 Å². The zero-order valence-electron chi connectivity index (χ0n) is 12.5. The Bertz CT molecular complexity index is 832. The van der Waals surface area contributed by atoms with Crippen molar-refractivity contribution >= 4 is 28.9 Å². The molecule has 7 nitrogen and oxygen atoms in total. The summed E-state index contributed by atoms with van der Waals surface area (Å²) in [6, 6.07) is 12.2. The predicted molar refractivity (Wildman–Crippen MR) is 88.0 cm³/mol. The number of anilines is 1. The van der Waals surface area contributed by atoms with Crippen LogP contribution in [0.1, 0.15) is 12.5 Å². The summed E-state index contributed by atoms with van der Waals surface area (Å²) in [5, 5.41) is 22.4. The number of nitriles is 1. The van der Waals surface area contributed by atoms with Crippen molar-refractivity contribution < 1.29 is 14.5 Å². The molecule has 24 heavy (non-hydrogen) atoms. The monoisotopic (exact) mass is 345 g/mol. The molecule has 8 heteroatoms. The first-order chi connectivity index (χ1) is 11.4. The number of halogens is 1. The minimum absolute atomic E-state index is 0.111. The molecule has 0 saturated heterocycles. The van der Waals surface area contributed by atoms with Gasteiger partial charge in [-0.2, -0.15) is 5.26 Å². The highest BCUT2D eigenvalue weighted by Crippen LogP contribution is 2.27. The second kappa shape index (κ2) is 7.44. The van der Waals surface area contributed by atoms with Gasteiger partial charge in [-0.15, -0.1) is 0 Å². The molecular weight excluding hydrogens is 334 g/mol. The van der Waals surface area contributed by atoms with Crippen LogP contribution in [0.2, 0.25) is 5.02 Å². The Morgan fingerprint density at radius 2 is 2.08 bits per heavy atom. The van der Waals surface area contributed by atoms with Crippen molar-refractivity contribution in [3.63, 3.8) is 0 Å². The Kier molecular flexibility index (Phi) is 5.35. The van der Waals surface area contributed by atoms with E-state index in [2.05, 4.69) is 5.32 Å². The highest BCUT2D eigenvalue weighted by Gasteiger charge is 2.19. The summed E-state index contributed by atoms with van der Waals surface area (Å²) >= 11 is 5.94. The van der Waals surface area contributed by atoms with Crippen molar-refractivity contribution in [1.29, 1.82) is 5.26 Å². The first-order valence-electron chi connectivity index (χ1n) is 6.83. The summed E-state index contributed by atoms with van der Waals surface area (Å²) < 4.78 is 5.48. The summed E-state index contributed by atoms with van der Waals surface area (Å²) in [7, 11) is 0. The third kappa shape index (κ3) is 4.00. The molecule has 0 bridgehead atoms. The number of non-ortho nitro benzene ring substituents is 1. The molecule has 0 fully saturated rings. The van der Waals surface area contributed by atoms with Gasteiger partial charge in [0.15, 0.2) is 6.10 Å². The van der Waals surface area contributed by atoms with Crippen LogP contribution in [0.3, 0.4) is 0 Å². The third-order valence-electron chi connectivity index (χ3n) is 3.10. The summed E-state index contributed by atoms with van der Waals surface area (Å²) in [6.07, 6.45) is -0.935. The van der Waals surface area contributed by atoms with E-state index in [1.165, 1.54) is 19.1 Å². The van der Waals surface area contributed by atoms with E-state index in [1.54, 1.807) is 24.3 Å². The molecule has 2 rings (SSSR count). The fraction of sp³-hybridized carbons (Fsp3) is 0.125. The fourth-order valence-corrected chi connectivity index (χ4v) is 2.03. The van der Waals surface area contributed by atoms with Crippen LogP contribution in [0.5, 0.6) is 5.75 Å². The van der Waals surface area contributed by atoms with Crippen molar-refractivity contribution in [3.8, 4) is 11.8 Å². The number of hydrogen-bond acceptors (Lipinski definition) is 5. The molecule has 0 heterocycles. The highest BCUT2D eigenvalue weighted by atomic mass is 35.5. The molecule has 2 aromatic carbocycles. The van der Waals surface area contributed by atoms with Crippen LogP contribution in [-0.2, 0) is 4.79 Å². The largest absolute Gasteiger partial charge is 0.480 e. The maximum Gasteiger partial charge on any atom is 0.271 e. The lowest BCUT2D eigenvalue weighted by atomic mass is 10.2. The molecule has 0 spiro atoms. The van der Waals surface area contributed by atoms with Crippen LogP contribution < -0.4 is 10.1 Å². The van der Waals surface area contributed by atoms with Gasteiger partial charge in [0.05, 0.1) is 21.2 Å². The van der Waals surface area contributed by atoms with Gasteiger partial charge in [0, 0.05) is 12.1 Å². The van der Waals surface area contributed by atoms with E-state index in [9.17, 15) is 14.9 Å². The topological polar surface area (TPSA) is 105 Å². The number of carbonyl (C=O) groups excluding carboxylic acids is 1. The zero-order chi connectivity index (χ0) is 17.7. The quantitative estimate of drug-likeness (QED) is 0.659. The third-order valence-corrected chi connectivity index (χ3v) is 3.43. The molecule has 1 amide bonds. The van der Waals surface area contributed by atoms with Crippen LogP contribution in [0.4, 0.5) is 11.4 Å². The Morgan fingerprint density at radius 3 is 2.75 bits per heavy atom. The van der Waals surface area contributed by atoms with Crippen LogP contribution in [0.25, 0.3) is 0 Å². The van der Waals surface area contributed by atoms with Crippen molar-refractivity contribution in [1.82, 2.24) is 0 Å². The number of benzene rings is 2. The van der Waals surface area contributed by atoms with Gasteiger partial charge in [0.25, 0.3) is 11.6 Å². The van der Waals surface area contributed by atoms with Gasteiger partial charge in [-0.1, -0.05) is 23.7 Å².